The van der Waals surface area contributed by atoms with Gasteiger partial charge in [-0.25, -0.2) is 0 Å². The molecular weight excluding hydrogens is 356 g/mol. The zero-order valence-corrected chi connectivity index (χ0v) is 14.0. The number of nitrogens with zero attached hydrogens (tertiary/aromatic N) is 1. The Morgan fingerprint density at radius 3 is 2.65 bits per heavy atom. The molecule has 0 spiro atoms. The van der Waals surface area contributed by atoms with E-state index in [9.17, 15) is 15.2 Å². The summed E-state index contributed by atoms with van der Waals surface area (Å²) in [4.78, 5) is 12.3. The number of nitriles is 1. The van der Waals surface area contributed by atoms with Crippen LogP contribution in [0.25, 0.3) is 6.08 Å². The number of hydrogen-bond acceptors (Lipinski definition) is 3. The second kappa shape index (κ2) is 7.61. The summed E-state index contributed by atoms with van der Waals surface area (Å²) in [6.07, 6.45) is 1.37. The predicted octanol–water partition coefficient (Wildman–Crippen LogP) is 3.94. The van der Waals surface area contributed by atoms with Crippen molar-refractivity contribution in [3.8, 4) is 11.8 Å². The van der Waals surface area contributed by atoms with Gasteiger partial charge in [0.2, 0.25) is 0 Å². The van der Waals surface area contributed by atoms with Gasteiger partial charge in [-0.05, 0) is 36.8 Å². The summed E-state index contributed by atoms with van der Waals surface area (Å²) < 4.78 is 0.747. The van der Waals surface area contributed by atoms with Crippen molar-refractivity contribution in [3.63, 3.8) is 0 Å². The molecule has 5 heteroatoms. The van der Waals surface area contributed by atoms with Crippen molar-refractivity contribution in [1.82, 2.24) is 5.32 Å². The lowest BCUT2D eigenvalue weighted by atomic mass is 10.1. The van der Waals surface area contributed by atoms with Crippen molar-refractivity contribution < 1.29 is 9.90 Å². The van der Waals surface area contributed by atoms with Crippen molar-refractivity contribution in [1.29, 1.82) is 5.26 Å². The van der Waals surface area contributed by atoms with Crippen molar-refractivity contribution in [2.75, 3.05) is 0 Å². The number of phenols is 1. The lowest BCUT2D eigenvalue weighted by Crippen LogP contribution is -2.27. The zero-order valence-electron chi connectivity index (χ0n) is 12.5. The molecule has 0 aromatic heterocycles. The molecule has 0 saturated carbocycles. The van der Waals surface area contributed by atoms with Crippen LogP contribution < -0.4 is 5.32 Å². The number of hydrogen-bond donors (Lipinski definition) is 2. The van der Waals surface area contributed by atoms with Gasteiger partial charge in [0.25, 0.3) is 5.91 Å². The zero-order chi connectivity index (χ0) is 16.8. The Labute approximate surface area is 143 Å². The molecule has 23 heavy (non-hydrogen) atoms. The fourth-order valence-corrected chi connectivity index (χ4v) is 2.42. The molecular formula is C18H15BrN2O2. The van der Waals surface area contributed by atoms with Crippen LogP contribution in [0.4, 0.5) is 0 Å². The third-order valence-electron chi connectivity index (χ3n) is 3.30. The van der Waals surface area contributed by atoms with Gasteiger partial charge in [-0.2, -0.15) is 5.26 Å². The molecule has 1 amide bonds. The van der Waals surface area contributed by atoms with Crippen LogP contribution in [0.5, 0.6) is 5.75 Å². The molecule has 0 fully saturated rings. The van der Waals surface area contributed by atoms with Gasteiger partial charge in [0.05, 0.1) is 6.04 Å². The number of benzene rings is 2. The van der Waals surface area contributed by atoms with Crippen molar-refractivity contribution in [2.45, 2.75) is 13.0 Å². The molecule has 0 unspecified atom stereocenters. The topological polar surface area (TPSA) is 73.1 Å². The number of carbonyl (C=O) groups excluding carboxylic acids is 1. The first kappa shape index (κ1) is 16.8. The fourth-order valence-electron chi connectivity index (χ4n) is 2.04. The van der Waals surface area contributed by atoms with Crippen LogP contribution in [0.2, 0.25) is 0 Å². The Kier molecular flexibility index (Phi) is 5.56. The molecule has 0 aliphatic heterocycles. The highest BCUT2D eigenvalue weighted by atomic mass is 79.9. The van der Waals surface area contributed by atoms with Crippen LogP contribution in [0, 0.1) is 11.3 Å². The van der Waals surface area contributed by atoms with E-state index in [0.717, 1.165) is 10.0 Å². The van der Waals surface area contributed by atoms with Gasteiger partial charge in [-0.3, -0.25) is 4.79 Å². The Morgan fingerprint density at radius 2 is 2.00 bits per heavy atom. The maximum absolute atomic E-state index is 12.3. The van der Waals surface area contributed by atoms with Crippen LogP contribution >= 0.6 is 15.9 Å². The number of rotatable bonds is 4. The molecule has 4 nitrogen and oxygen atoms in total. The van der Waals surface area contributed by atoms with E-state index in [0.29, 0.717) is 5.56 Å². The SMILES string of the molecule is C[C@H](NC(=O)C(C#N)=Cc1cc(Br)ccc1O)c1ccccc1. The average Bonchev–Trinajstić information content (AvgIpc) is 2.56. The van der Waals surface area contributed by atoms with Crippen LogP contribution in [-0.2, 0) is 4.79 Å². The van der Waals surface area contributed by atoms with Crippen LogP contribution in [0.1, 0.15) is 24.1 Å². The first-order chi connectivity index (χ1) is 11.0. The third-order valence-corrected chi connectivity index (χ3v) is 3.79. The molecule has 2 rings (SSSR count). The maximum atomic E-state index is 12.3. The van der Waals surface area contributed by atoms with Gasteiger partial charge in [0, 0.05) is 10.0 Å². The van der Waals surface area contributed by atoms with E-state index in [2.05, 4.69) is 21.2 Å². The number of phenolic OH excluding ortho intramolecular Hbond substituents is 1. The summed E-state index contributed by atoms with van der Waals surface area (Å²) in [6.45, 7) is 1.85. The molecule has 0 saturated heterocycles. The molecule has 0 heterocycles. The average molecular weight is 371 g/mol. The van der Waals surface area contributed by atoms with E-state index < -0.39 is 5.91 Å². The highest BCUT2D eigenvalue weighted by molar-refractivity contribution is 9.10. The summed E-state index contributed by atoms with van der Waals surface area (Å²) >= 11 is 3.29. The van der Waals surface area contributed by atoms with Crippen molar-refractivity contribution in [2.24, 2.45) is 0 Å². The molecule has 116 valence electrons. The highest BCUT2D eigenvalue weighted by Crippen LogP contribution is 2.24. The predicted molar refractivity (Wildman–Crippen MR) is 92.4 cm³/mol. The van der Waals surface area contributed by atoms with Gasteiger partial charge in [-0.15, -0.1) is 0 Å². The molecule has 2 aromatic carbocycles. The molecule has 0 bridgehead atoms. The Balaban J connectivity index is 2.20. The Morgan fingerprint density at radius 1 is 1.30 bits per heavy atom. The minimum atomic E-state index is -0.483. The summed E-state index contributed by atoms with van der Waals surface area (Å²) in [5, 5.41) is 21.8. The smallest absolute Gasteiger partial charge is 0.262 e. The van der Waals surface area contributed by atoms with Crippen molar-refractivity contribution >= 4 is 27.9 Å². The first-order valence-electron chi connectivity index (χ1n) is 6.97. The van der Waals surface area contributed by atoms with E-state index in [1.54, 1.807) is 12.1 Å². The lowest BCUT2D eigenvalue weighted by Gasteiger charge is -2.13. The number of halogens is 1. The fraction of sp³-hybridized carbons (Fsp3) is 0.111. The minimum absolute atomic E-state index is 0.00450. The number of nitrogens with one attached hydrogen (secondary N) is 1. The highest BCUT2D eigenvalue weighted by Gasteiger charge is 2.14. The summed E-state index contributed by atoms with van der Waals surface area (Å²) in [7, 11) is 0. The number of aromatic hydroxyl groups is 1. The largest absolute Gasteiger partial charge is 0.507 e. The molecule has 0 radical (unpaired) electrons. The van der Waals surface area contributed by atoms with Crippen LogP contribution in [0.3, 0.4) is 0 Å². The normalized spacial score (nSPS) is 12.3. The van der Waals surface area contributed by atoms with E-state index in [-0.39, 0.29) is 17.4 Å². The molecule has 0 aliphatic carbocycles. The standard InChI is InChI=1S/C18H15BrN2O2/c1-12(13-5-3-2-4-6-13)21-18(23)15(11-20)9-14-10-16(19)7-8-17(14)22/h2-10,12,22H,1H3,(H,21,23)/t12-/m0/s1. The van der Waals surface area contributed by atoms with Gasteiger partial charge in [0.1, 0.15) is 17.4 Å². The first-order valence-corrected chi connectivity index (χ1v) is 7.76. The monoisotopic (exact) mass is 370 g/mol. The summed E-state index contributed by atoms with van der Waals surface area (Å²) in [6, 6.07) is 15.9. The second-order valence-corrected chi connectivity index (χ2v) is 5.89. The third kappa shape index (κ3) is 4.44. The molecule has 0 aliphatic rings. The van der Waals surface area contributed by atoms with Gasteiger partial charge < -0.3 is 10.4 Å². The van der Waals surface area contributed by atoms with E-state index in [1.165, 1.54) is 12.1 Å². The lowest BCUT2D eigenvalue weighted by molar-refractivity contribution is -0.117. The molecule has 2 N–H and O–H groups in total. The molecule has 2 aromatic rings. The van der Waals surface area contributed by atoms with E-state index in [1.807, 2.05) is 43.3 Å². The quantitative estimate of drug-likeness (QED) is 0.632. The summed E-state index contributed by atoms with van der Waals surface area (Å²) in [5.74, 6) is -0.479. The van der Waals surface area contributed by atoms with E-state index >= 15 is 0 Å². The van der Waals surface area contributed by atoms with Crippen LogP contribution in [0.15, 0.2) is 58.6 Å². The number of amides is 1. The number of carbonyl (C=O) groups is 1. The van der Waals surface area contributed by atoms with Gasteiger partial charge in [0.15, 0.2) is 0 Å². The van der Waals surface area contributed by atoms with Gasteiger partial charge >= 0.3 is 0 Å². The maximum Gasteiger partial charge on any atom is 0.262 e. The minimum Gasteiger partial charge on any atom is -0.507 e. The van der Waals surface area contributed by atoms with Crippen LogP contribution in [-0.4, -0.2) is 11.0 Å². The van der Waals surface area contributed by atoms with Gasteiger partial charge in [-0.1, -0.05) is 46.3 Å². The Hall–Kier alpha value is -2.58. The van der Waals surface area contributed by atoms with E-state index in [4.69, 9.17) is 0 Å². The molecule has 1 atom stereocenters. The second-order valence-electron chi connectivity index (χ2n) is 4.98. The summed E-state index contributed by atoms with van der Waals surface area (Å²) in [5.41, 5.74) is 1.28. The van der Waals surface area contributed by atoms with Crippen molar-refractivity contribution in [3.05, 3.63) is 69.7 Å². The Bertz CT molecular complexity index is 779.